The van der Waals surface area contributed by atoms with Crippen LogP contribution in [0.15, 0.2) is 0 Å². The molecule has 0 saturated carbocycles. The molecule has 0 aromatic carbocycles. The molecule has 0 fully saturated rings. The maximum atomic E-state index is 12.2. The minimum atomic E-state index is -1.75. The lowest BCUT2D eigenvalue weighted by molar-refractivity contribution is -0.145. The second-order valence-corrected chi connectivity index (χ2v) is 6.50. The normalized spacial score (nSPS) is 14.3. The molecular weight excluding hydrogens is 422 g/mol. The molecule has 0 spiro atoms. The van der Waals surface area contributed by atoms with E-state index < -0.39 is 78.5 Å². The molecule has 0 rings (SSSR count). The first-order valence-electron chi connectivity index (χ1n) is 8.86. The average molecular weight is 447 g/mol. The summed E-state index contributed by atoms with van der Waals surface area (Å²) < 4.78 is 0. The molecule has 4 atom stereocenters. The van der Waals surface area contributed by atoms with Gasteiger partial charge >= 0.3 is 17.9 Å². The topological polar surface area (TPSA) is 268 Å². The molecule has 10 N–H and O–H groups in total. The highest BCUT2D eigenvalue weighted by Crippen LogP contribution is 2.00. The molecular formula is C16H25N5O10. The molecule has 15 nitrogen and oxygen atoms in total. The van der Waals surface area contributed by atoms with Crippen LogP contribution in [0, 0.1) is 0 Å². The first-order valence-corrected chi connectivity index (χ1v) is 8.86. The number of carboxylic acids is 3. The number of amides is 4. The Morgan fingerprint density at radius 1 is 0.774 bits per heavy atom. The molecule has 4 amide bonds. The largest absolute Gasteiger partial charge is 0.481 e. The van der Waals surface area contributed by atoms with Crippen molar-refractivity contribution in [2.75, 3.05) is 0 Å². The van der Waals surface area contributed by atoms with Crippen LogP contribution >= 0.6 is 0 Å². The number of nitrogens with one attached hydrogen (secondary N) is 3. The van der Waals surface area contributed by atoms with E-state index in [-0.39, 0.29) is 12.8 Å². The van der Waals surface area contributed by atoms with E-state index in [9.17, 15) is 33.6 Å². The lowest BCUT2D eigenvalue weighted by atomic mass is 10.1. The molecule has 0 aliphatic rings. The zero-order valence-corrected chi connectivity index (χ0v) is 16.5. The molecule has 31 heavy (non-hydrogen) atoms. The van der Waals surface area contributed by atoms with Crippen molar-refractivity contribution in [3.63, 3.8) is 0 Å². The molecule has 0 aliphatic carbocycles. The van der Waals surface area contributed by atoms with Crippen LogP contribution in [0.1, 0.15) is 32.6 Å². The van der Waals surface area contributed by atoms with E-state index in [1.807, 2.05) is 10.6 Å². The highest BCUT2D eigenvalue weighted by Gasteiger charge is 2.30. The first kappa shape index (κ1) is 27.2. The predicted octanol–water partition coefficient (Wildman–Crippen LogP) is -3.91. The van der Waals surface area contributed by atoms with Crippen molar-refractivity contribution in [3.8, 4) is 0 Å². The van der Waals surface area contributed by atoms with Crippen LogP contribution in [0.2, 0.25) is 0 Å². The number of hydrogen-bond donors (Lipinski definition) is 8. The number of carboxylic acid groups (broad SMARTS) is 3. The fourth-order valence-corrected chi connectivity index (χ4v) is 2.15. The smallest absolute Gasteiger partial charge is 0.326 e. The Morgan fingerprint density at radius 3 is 1.77 bits per heavy atom. The van der Waals surface area contributed by atoms with Crippen molar-refractivity contribution in [1.29, 1.82) is 0 Å². The summed E-state index contributed by atoms with van der Waals surface area (Å²) >= 11 is 0. The number of aliphatic carboxylic acids is 3. The van der Waals surface area contributed by atoms with E-state index in [1.54, 1.807) is 0 Å². The first-order chi connectivity index (χ1) is 14.2. The van der Waals surface area contributed by atoms with Gasteiger partial charge in [-0.15, -0.1) is 0 Å². The maximum Gasteiger partial charge on any atom is 0.326 e. The van der Waals surface area contributed by atoms with Gasteiger partial charge in [-0.25, -0.2) is 4.79 Å². The van der Waals surface area contributed by atoms with Gasteiger partial charge in [0, 0.05) is 6.42 Å². The van der Waals surface area contributed by atoms with Crippen molar-refractivity contribution in [3.05, 3.63) is 0 Å². The summed E-state index contributed by atoms with van der Waals surface area (Å²) in [5.41, 5.74) is 10.4. The summed E-state index contributed by atoms with van der Waals surface area (Å²) in [5, 5.41) is 32.7. The van der Waals surface area contributed by atoms with Crippen molar-refractivity contribution in [1.82, 2.24) is 16.0 Å². The Hall–Kier alpha value is -3.75. The van der Waals surface area contributed by atoms with Gasteiger partial charge in [-0.05, 0) is 13.3 Å². The Kier molecular flexibility index (Phi) is 11.2. The molecule has 0 saturated heterocycles. The van der Waals surface area contributed by atoms with Crippen molar-refractivity contribution in [2.24, 2.45) is 11.5 Å². The lowest BCUT2D eigenvalue weighted by Crippen LogP contribution is -2.57. The molecule has 0 heterocycles. The zero-order valence-electron chi connectivity index (χ0n) is 16.5. The third-order valence-electron chi connectivity index (χ3n) is 3.79. The lowest BCUT2D eigenvalue weighted by Gasteiger charge is -2.22. The number of nitrogens with two attached hydrogens (primary N) is 2. The molecule has 4 unspecified atom stereocenters. The molecule has 0 radical (unpaired) electrons. The van der Waals surface area contributed by atoms with Gasteiger partial charge < -0.3 is 42.7 Å². The second kappa shape index (κ2) is 12.7. The van der Waals surface area contributed by atoms with Crippen molar-refractivity contribution in [2.45, 2.75) is 56.8 Å². The summed E-state index contributed by atoms with van der Waals surface area (Å²) in [6.45, 7) is 1.19. The molecule has 174 valence electrons. The number of primary amides is 1. The second-order valence-electron chi connectivity index (χ2n) is 6.50. The van der Waals surface area contributed by atoms with Crippen molar-refractivity contribution < 1.29 is 48.9 Å². The fraction of sp³-hybridized carbons (Fsp3) is 0.562. The van der Waals surface area contributed by atoms with Crippen LogP contribution in [-0.4, -0.2) is 81.0 Å². The molecule has 0 aromatic rings. The van der Waals surface area contributed by atoms with E-state index >= 15 is 0 Å². The van der Waals surface area contributed by atoms with Gasteiger partial charge in [0.2, 0.25) is 23.6 Å². The summed E-state index contributed by atoms with van der Waals surface area (Å²) in [6, 6.07) is -6.01. The quantitative estimate of drug-likeness (QED) is 0.127. The van der Waals surface area contributed by atoms with Crippen LogP contribution in [0.4, 0.5) is 0 Å². The predicted molar refractivity (Wildman–Crippen MR) is 100 cm³/mol. The average Bonchev–Trinajstić information content (AvgIpc) is 2.63. The molecule has 0 bridgehead atoms. The molecule has 15 heteroatoms. The number of carbonyl (C=O) groups is 7. The van der Waals surface area contributed by atoms with Gasteiger partial charge in [-0.3, -0.25) is 28.8 Å². The third-order valence-corrected chi connectivity index (χ3v) is 3.79. The number of rotatable bonds is 14. The minimum Gasteiger partial charge on any atom is -0.481 e. The minimum absolute atomic E-state index is 0.198. The third kappa shape index (κ3) is 11.1. The Labute approximate surface area is 175 Å². The molecule has 0 aliphatic heterocycles. The highest BCUT2D eigenvalue weighted by molar-refractivity contribution is 5.96. The van der Waals surface area contributed by atoms with Crippen LogP contribution in [0.5, 0.6) is 0 Å². The molecule has 0 aromatic heterocycles. The van der Waals surface area contributed by atoms with Crippen LogP contribution < -0.4 is 27.4 Å². The van der Waals surface area contributed by atoms with Gasteiger partial charge in [0.25, 0.3) is 0 Å². The van der Waals surface area contributed by atoms with E-state index in [4.69, 9.17) is 26.8 Å². The highest BCUT2D eigenvalue weighted by atomic mass is 16.4. The Balaban J connectivity index is 5.10. The summed E-state index contributed by atoms with van der Waals surface area (Å²) in [6.07, 6.45) is -2.28. The van der Waals surface area contributed by atoms with Crippen LogP contribution in [-0.2, 0) is 33.6 Å². The van der Waals surface area contributed by atoms with Gasteiger partial charge in [-0.1, -0.05) is 0 Å². The monoisotopic (exact) mass is 447 g/mol. The van der Waals surface area contributed by atoms with E-state index in [1.165, 1.54) is 6.92 Å². The van der Waals surface area contributed by atoms with Crippen molar-refractivity contribution >= 4 is 41.5 Å². The Morgan fingerprint density at radius 2 is 1.32 bits per heavy atom. The van der Waals surface area contributed by atoms with Crippen LogP contribution in [0.25, 0.3) is 0 Å². The summed E-state index contributed by atoms with van der Waals surface area (Å²) in [4.78, 5) is 79.9. The van der Waals surface area contributed by atoms with Gasteiger partial charge in [-0.2, -0.15) is 0 Å². The Bertz CT molecular complexity index is 740. The summed E-state index contributed by atoms with van der Waals surface area (Å²) in [7, 11) is 0. The SMILES string of the molecule is CC(NC(=O)C(N)CCC(=O)O)C(=O)NC(CC(=O)O)C(=O)NC(CC(N)=O)C(=O)O. The number of carbonyl (C=O) groups excluding carboxylic acids is 4. The van der Waals surface area contributed by atoms with E-state index in [2.05, 4.69) is 5.32 Å². The van der Waals surface area contributed by atoms with E-state index in [0.717, 1.165) is 0 Å². The van der Waals surface area contributed by atoms with E-state index in [0.29, 0.717) is 0 Å². The zero-order chi connectivity index (χ0) is 24.3. The van der Waals surface area contributed by atoms with Gasteiger partial charge in [0.05, 0.1) is 18.9 Å². The van der Waals surface area contributed by atoms with Gasteiger partial charge in [0.1, 0.15) is 18.1 Å². The summed E-state index contributed by atoms with van der Waals surface area (Å²) in [5.74, 6) is -8.38. The number of hydrogen-bond acceptors (Lipinski definition) is 8. The standard InChI is InChI=1S/C16H25N5O10/c1-6(19-14(28)7(17)2-3-11(23)24)13(27)20-8(5-12(25)26)15(29)21-9(16(30)31)4-10(18)22/h6-9H,2-5,17H2,1H3,(H2,18,22)(H,19,28)(H,20,27)(H,21,29)(H,23,24)(H,25,26)(H,30,31). The fourth-order valence-electron chi connectivity index (χ4n) is 2.15. The van der Waals surface area contributed by atoms with Gasteiger partial charge in [0.15, 0.2) is 0 Å². The maximum absolute atomic E-state index is 12.2. The van der Waals surface area contributed by atoms with Crippen LogP contribution in [0.3, 0.4) is 0 Å².